The molecule has 0 radical (unpaired) electrons. The number of ether oxygens (including phenoxy) is 1. The number of Topliss-reactive ketones (excluding diaryl/α,β-unsaturated/α-hetero) is 1. The largest absolute Gasteiger partial charge is 0.486 e. The molecule has 1 aromatic rings. The Morgan fingerprint density at radius 3 is 2.89 bits per heavy atom. The molecule has 3 nitrogen and oxygen atoms in total. The van der Waals surface area contributed by atoms with E-state index in [2.05, 4.69) is 5.32 Å². The second-order valence-electron chi connectivity index (χ2n) is 4.98. The fraction of sp³-hybridized carbons (Fsp3) is 0.500. The minimum absolute atomic E-state index is 0. The van der Waals surface area contributed by atoms with Crippen LogP contribution in [0.4, 0.5) is 0 Å². The summed E-state index contributed by atoms with van der Waals surface area (Å²) in [6.45, 7) is 1.97. The van der Waals surface area contributed by atoms with Gasteiger partial charge in [0.2, 0.25) is 0 Å². The third kappa shape index (κ3) is 2.38. The molecule has 0 aliphatic carbocycles. The number of nitrogens with one attached hydrogen (secondary N) is 1. The Hall–Kier alpha value is -1.06. The van der Waals surface area contributed by atoms with Crippen molar-refractivity contribution >= 4 is 18.2 Å². The molecule has 4 heteroatoms. The molecule has 1 saturated heterocycles. The average Bonchev–Trinajstić information content (AvgIpc) is 2.55. The SMILES string of the molecule is Cl.O=C1CC2(CCCNCC2)Oc2ccccc21. The molecule has 2 aliphatic heterocycles. The number of carbonyl (C=O) groups excluding carboxylic acids is 1. The Morgan fingerprint density at radius 1 is 1.17 bits per heavy atom. The number of halogens is 1. The maximum absolute atomic E-state index is 12.2. The minimum atomic E-state index is -0.255. The smallest absolute Gasteiger partial charge is 0.170 e. The van der Waals surface area contributed by atoms with E-state index in [0.717, 1.165) is 43.7 Å². The van der Waals surface area contributed by atoms with Gasteiger partial charge in [0, 0.05) is 6.42 Å². The van der Waals surface area contributed by atoms with E-state index >= 15 is 0 Å². The van der Waals surface area contributed by atoms with Crippen LogP contribution < -0.4 is 10.1 Å². The zero-order valence-electron chi connectivity index (χ0n) is 10.3. The van der Waals surface area contributed by atoms with Gasteiger partial charge in [0.25, 0.3) is 0 Å². The Bertz CT molecular complexity index is 439. The molecule has 1 unspecified atom stereocenters. The number of ketones is 1. The van der Waals surface area contributed by atoms with Gasteiger partial charge >= 0.3 is 0 Å². The van der Waals surface area contributed by atoms with Crippen LogP contribution in [0.2, 0.25) is 0 Å². The van der Waals surface area contributed by atoms with E-state index in [1.54, 1.807) is 0 Å². The molecule has 0 aromatic heterocycles. The van der Waals surface area contributed by atoms with E-state index in [0.29, 0.717) is 6.42 Å². The molecule has 3 rings (SSSR count). The van der Waals surface area contributed by atoms with E-state index in [1.807, 2.05) is 24.3 Å². The molecule has 1 aromatic carbocycles. The number of para-hydroxylation sites is 1. The van der Waals surface area contributed by atoms with Crippen LogP contribution in [0.3, 0.4) is 0 Å². The molecule has 1 atom stereocenters. The lowest BCUT2D eigenvalue weighted by Crippen LogP contribution is -2.42. The van der Waals surface area contributed by atoms with Gasteiger partial charge in [0.15, 0.2) is 5.78 Å². The van der Waals surface area contributed by atoms with Gasteiger partial charge in [-0.1, -0.05) is 12.1 Å². The lowest BCUT2D eigenvalue weighted by molar-refractivity contribution is 0.0321. The highest BCUT2D eigenvalue weighted by Gasteiger charge is 2.40. The van der Waals surface area contributed by atoms with Crippen molar-refractivity contribution in [3.05, 3.63) is 29.8 Å². The molecular weight excluding hydrogens is 250 g/mol. The molecule has 18 heavy (non-hydrogen) atoms. The van der Waals surface area contributed by atoms with E-state index in [1.165, 1.54) is 0 Å². The van der Waals surface area contributed by atoms with Gasteiger partial charge in [-0.05, 0) is 38.1 Å². The van der Waals surface area contributed by atoms with Crippen molar-refractivity contribution in [3.63, 3.8) is 0 Å². The molecule has 1 spiro atoms. The quantitative estimate of drug-likeness (QED) is 0.785. The molecule has 0 saturated carbocycles. The van der Waals surface area contributed by atoms with Crippen LogP contribution in [0.15, 0.2) is 24.3 Å². The fourth-order valence-corrected chi connectivity index (χ4v) is 2.82. The number of fused-ring (bicyclic) bond motifs is 1. The van der Waals surface area contributed by atoms with Crippen molar-refractivity contribution < 1.29 is 9.53 Å². The zero-order chi connectivity index (χ0) is 11.7. The molecule has 0 bridgehead atoms. The van der Waals surface area contributed by atoms with Crippen molar-refractivity contribution in [2.24, 2.45) is 0 Å². The molecule has 2 heterocycles. The molecule has 2 aliphatic rings. The number of hydrogen-bond acceptors (Lipinski definition) is 3. The van der Waals surface area contributed by atoms with Gasteiger partial charge in [-0.25, -0.2) is 0 Å². The van der Waals surface area contributed by atoms with Gasteiger partial charge in [0.05, 0.1) is 12.0 Å². The van der Waals surface area contributed by atoms with E-state index in [9.17, 15) is 4.79 Å². The lowest BCUT2D eigenvalue weighted by Gasteiger charge is -2.37. The summed E-state index contributed by atoms with van der Waals surface area (Å²) in [5.74, 6) is 0.999. The number of hydrogen-bond donors (Lipinski definition) is 1. The standard InChI is InChI=1S/C14H17NO2.ClH/c16-12-10-14(6-3-8-15-9-7-14)17-13-5-2-1-4-11(12)13;/h1-2,4-5,15H,3,6-10H2;1H. The van der Waals surface area contributed by atoms with Gasteiger partial charge in [0.1, 0.15) is 11.4 Å². The monoisotopic (exact) mass is 267 g/mol. The van der Waals surface area contributed by atoms with Crippen LogP contribution in [-0.4, -0.2) is 24.5 Å². The zero-order valence-corrected chi connectivity index (χ0v) is 11.1. The Morgan fingerprint density at radius 2 is 2.00 bits per heavy atom. The first kappa shape index (κ1) is 13.4. The first-order chi connectivity index (χ1) is 8.29. The van der Waals surface area contributed by atoms with Crippen LogP contribution in [0.1, 0.15) is 36.0 Å². The summed E-state index contributed by atoms with van der Waals surface area (Å²) >= 11 is 0. The van der Waals surface area contributed by atoms with Crippen molar-refractivity contribution in [1.82, 2.24) is 5.32 Å². The second-order valence-corrected chi connectivity index (χ2v) is 4.98. The van der Waals surface area contributed by atoms with E-state index in [4.69, 9.17) is 4.74 Å². The summed E-state index contributed by atoms with van der Waals surface area (Å²) in [5, 5.41) is 3.37. The van der Waals surface area contributed by atoms with Crippen LogP contribution >= 0.6 is 12.4 Å². The number of rotatable bonds is 0. The highest BCUT2D eigenvalue weighted by Crippen LogP contribution is 2.38. The van der Waals surface area contributed by atoms with Crippen LogP contribution in [0, 0.1) is 0 Å². The summed E-state index contributed by atoms with van der Waals surface area (Å²) in [4.78, 5) is 12.2. The second kappa shape index (κ2) is 5.29. The molecule has 98 valence electrons. The Kier molecular flexibility index (Phi) is 3.93. The highest BCUT2D eigenvalue weighted by molar-refractivity contribution is 6.00. The van der Waals surface area contributed by atoms with Crippen molar-refractivity contribution in [2.45, 2.75) is 31.3 Å². The van der Waals surface area contributed by atoms with Crippen LogP contribution in [0.5, 0.6) is 5.75 Å². The first-order valence-electron chi connectivity index (χ1n) is 6.31. The van der Waals surface area contributed by atoms with Crippen molar-refractivity contribution in [1.29, 1.82) is 0 Å². The number of benzene rings is 1. The number of carbonyl (C=O) groups is 1. The predicted octanol–water partition coefficient (Wildman–Crippen LogP) is 2.59. The maximum Gasteiger partial charge on any atom is 0.170 e. The fourth-order valence-electron chi connectivity index (χ4n) is 2.82. The summed E-state index contributed by atoms with van der Waals surface area (Å²) in [6.07, 6.45) is 3.51. The highest BCUT2D eigenvalue weighted by atomic mass is 35.5. The first-order valence-corrected chi connectivity index (χ1v) is 6.31. The summed E-state index contributed by atoms with van der Waals surface area (Å²) in [6, 6.07) is 7.60. The summed E-state index contributed by atoms with van der Waals surface area (Å²) in [7, 11) is 0. The van der Waals surface area contributed by atoms with E-state index in [-0.39, 0.29) is 23.8 Å². The van der Waals surface area contributed by atoms with Crippen molar-refractivity contribution in [3.8, 4) is 5.75 Å². The van der Waals surface area contributed by atoms with Gasteiger partial charge in [-0.3, -0.25) is 4.79 Å². The van der Waals surface area contributed by atoms with Gasteiger partial charge in [-0.2, -0.15) is 0 Å². The lowest BCUT2D eigenvalue weighted by atomic mass is 9.84. The normalized spacial score (nSPS) is 26.8. The summed E-state index contributed by atoms with van der Waals surface area (Å²) < 4.78 is 6.15. The predicted molar refractivity (Wildman–Crippen MR) is 72.7 cm³/mol. The average molecular weight is 268 g/mol. The van der Waals surface area contributed by atoms with Crippen LogP contribution in [0.25, 0.3) is 0 Å². The topological polar surface area (TPSA) is 38.3 Å². The molecule has 0 amide bonds. The van der Waals surface area contributed by atoms with E-state index < -0.39 is 0 Å². The Balaban J connectivity index is 0.00000120. The Labute approximate surface area is 113 Å². The molecular formula is C14H18ClNO2. The van der Waals surface area contributed by atoms with Crippen molar-refractivity contribution in [2.75, 3.05) is 13.1 Å². The third-order valence-corrected chi connectivity index (χ3v) is 3.74. The molecule has 1 N–H and O–H groups in total. The minimum Gasteiger partial charge on any atom is -0.486 e. The van der Waals surface area contributed by atoms with Crippen LogP contribution in [-0.2, 0) is 0 Å². The summed E-state index contributed by atoms with van der Waals surface area (Å²) in [5.41, 5.74) is 0.491. The van der Waals surface area contributed by atoms with Gasteiger partial charge in [-0.15, -0.1) is 12.4 Å². The maximum atomic E-state index is 12.2. The third-order valence-electron chi connectivity index (χ3n) is 3.74. The molecule has 1 fully saturated rings. The van der Waals surface area contributed by atoms with Gasteiger partial charge < -0.3 is 10.1 Å².